The first-order chi connectivity index (χ1) is 33.2. The fourth-order valence-electron chi connectivity index (χ4n) is 9.84. The molecule has 4 nitrogen and oxygen atoms in total. The molecule has 0 saturated heterocycles. The molecule has 0 aliphatic carbocycles. The Kier molecular flexibility index (Phi) is 9.62. The predicted molar refractivity (Wildman–Crippen MR) is 263 cm³/mol. The van der Waals surface area contributed by atoms with Crippen molar-refractivity contribution >= 4 is 43.6 Å². The molecule has 0 N–H and O–H groups in total. The first-order valence-corrected chi connectivity index (χ1v) is 22.0. The van der Waals surface area contributed by atoms with E-state index in [1.54, 1.807) is 33.7 Å². The summed E-state index contributed by atoms with van der Waals surface area (Å²) in [6.07, 6.45) is -1.40. The van der Waals surface area contributed by atoms with E-state index in [0.29, 0.717) is 22.1 Å². The van der Waals surface area contributed by atoms with Crippen LogP contribution in [0.3, 0.4) is 0 Å². The van der Waals surface area contributed by atoms with Gasteiger partial charge in [-0.05, 0) is 89.5 Å². The SMILES string of the molecule is Fc1cc(F)cc(-c2cc(-n3c4ccccc4c4cc(-c5cccnc5-c5ccccc5)ccc43)c(C(F)(F)F)cc2-n2c3ccccc3c3cc(-c4cccnc4-c4ccccc4)ccc32)c1. The van der Waals surface area contributed by atoms with Crippen molar-refractivity contribution < 1.29 is 22.0 Å². The van der Waals surface area contributed by atoms with E-state index in [1.807, 2.05) is 158 Å². The van der Waals surface area contributed by atoms with Crippen LogP contribution in [0.4, 0.5) is 22.0 Å². The van der Waals surface area contributed by atoms with Gasteiger partial charge >= 0.3 is 6.18 Å². The van der Waals surface area contributed by atoms with Crippen molar-refractivity contribution in [3.05, 3.63) is 230 Å². The van der Waals surface area contributed by atoms with E-state index >= 15 is 22.0 Å². The summed E-state index contributed by atoms with van der Waals surface area (Å²) in [5.41, 5.74) is 8.38. The highest BCUT2D eigenvalue weighted by molar-refractivity contribution is 6.13. The second-order valence-electron chi connectivity index (χ2n) is 16.7. The largest absolute Gasteiger partial charge is 0.418 e. The van der Waals surface area contributed by atoms with Crippen LogP contribution in [0.15, 0.2) is 213 Å². The van der Waals surface area contributed by atoms with Crippen LogP contribution in [-0.4, -0.2) is 19.1 Å². The van der Waals surface area contributed by atoms with Crippen LogP contribution >= 0.6 is 0 Å². The quantitative estimate of drug-likeness (QED) is 0.149. The Morgan fingerprint density at radius 1 is 0.338 bits per heavy atom. The number of benzene rings is 8. The summed E-state index contributed by atoms with van der Waals surface area (Å²) >= 11 is 0. The Morgan fingerprint density at radius 2 is 0.794 bits per heavy atom. The number of hydrogen-bond donors (Lipinski definition) is 0. The smallest absolute Gasteiger partial charge is 0.309 e. The number of hydrogen-bond acceptors (Lipinski definition) is 2. The highest BCUT2D eigenvalue weighted by Gasteiger charge is 2.37. The molecule has 0 unspecified atom stereocenters. The molecule has 0 aliphatic rings. The molecule has 8 aromatic carbocycles. The molecule has 9 heteroatoms. The maximum absolute atomic E-state index is 16.1. The van der Waals surface area contributed by atoms with Gasteiger partial charge in [0.2, 0.25) is 0 Å². The van der Waals surface area contributed by atoms with Crippen LogP contribution in [0, 0.1) is 11.6 Å². The third-order valence-corrected chi connectivity index (χ3v) is 12.8. The van der Waals surface area contributed by atoms with Crippen LogP contribution < -0.4 is 0 Å². The standard InChI is InChI=1S/C59H35F5N4/c60-41-29-40(30-42(61)33-41)47-34-56(68-52-22-10-8-18-46(52)49-32-39(24-26-54(49)68)44-20-12-28-66-58(44)37-15-5-2-6-16-37)50(59(62,63)64)35-55(47)67-51-21-9-7-17-45(51)48-31-38(23-25-53(48)67)43-19-11-27-65-57(43)36-13-3-1-4-14-36/h1-35H. The summed E-state index contributed by atoms with van der Waals surface area (Å²) in [7, 11) is 0. The van der Waals surface area contributed by atoms with Gasteiger partial charge in [-0.3, -0.25) is 9.97 Å². The molecule has 0 radical (unpaired) electrons. The van der Waals surface area contributed by atoms with E-state index in [0.717, 1.165) is 90.6 Å². The lowest BCUT2D eigenvalue weighted by molar-refractivity contribution is -0.137. The monoisotopic (exact) mass is 894 g/mol. The molecule has 326 valence electrons. The van der Waals surface area contributed by atoms with Gasteiger partial charge in [-0.1, -0.05) is 121 Å². The van der Waals surface area contributed by atoms with Crippen LogP contribution in [0.2, 0.25) is 0 Å². The first kappa shape index (κ1) is 40.8. The molecule has 4 aromatic heterocycles. The molecule has 0 bridgehead atoms. The highest BCUT2D eigenvalue weighted by Crippen LogP contribution is 2.46. The molecule has 0 fully saturated rings. The summed E-state index contributed by atoms with van der Waals surface area (Å²) in [5.74, 6) is -1.72. The molecule has 12 rings (SSSR count). The summed E-state index contributed by atoms with van der Waals surface area (Å²) < 4.78 is 82.5. The second kappa shape index (κ2) is 16.0. The van der Waals surface area contributed by atoms with Gasteiger partial charge in [-0.25, -0.2) is 8.78 Å². The number of para-hydroxylation sites is 2. The maximum Gasteiger partial charge on any atom is 0.418 e. The van der Waals surface area contributed by atoms with E-state index in [1.165, 1.54) is 6.07 Å². The van der Waals surface area contributed by atoms with Crippen molar-refractivity contribution in [1.82, 2.24) is 19.1 Å². The Labute approximate surface area is 386 Å². The summed E-state index contributed by atoms with van der Waals surface area (Å²) in [5, 5.41) is 3.01. The molecule has 0 saturated carbocycles. The number of nitrogens with zero attached hydrogens (tertiary/aromatic N) is 4. The zero-order valence-corrected chi connectivity index (χ0v) is 35.9. The highest BCUT2D eigenvalue weighted by atomic mass is 19.4. The minimum atomic E-state index is -4.88. The van der Waals surface area contributed by atoms with E-state index in [2.05, 4.69) is 0 Å². The van der Waals surface area contributed by atoms with Crippen LogP contribution in [0.1, 0.15) is 5.56 Å². The maximum atomic E-state index is 16.1. The van der Waals surface area contributed by atoms with Gasteiger partial charge in [-0.2, -0.15) is 13.2 Å². The summed E-state index contributed by atoms with van der Waals surface area (Å²) in [4.78, 5) is 9.46. The van der Waals surface area contributed by atoms with Crippen LogP contribution in [0.5, 0.6) is 0 Å². The molecule has 0 atom stereocenters. The number of alkyl halides is 3. The molecular weight excluding hydrogens is 860 g/mol. The average Bonchev–Trinajstić information content (AvgIpc) is 3.88. The van der Waals surface area contributed by atoms with E-state index < -0.39 is 23.4 Å². The van der Waals surface area contributed by atoms with Crippen molar-refractivity contribution in [2.45, 2.75) is 6.18 Å². The van der Waals surface area contributed by atoms with Crippen molar-refractivity contribution in [1.29, 1.82) is 0 Å². The fraction of sp³-hybridized carbons (Fsp3) is 0.0169. The van der Waals surface area contributed by atoms with Gasteiger partial charge < -0.3 is 9.13 Å². The number of rotatable bonds is 7. The Bertz CT molecular complexity index is 3910. The summed E-state index contributed by atoms with van der Waals surface area (Å²) in [6, 6.07) is 59.4. The Morgan fingerprint density at radius 3 is 1.29 bits per heavy atom. The van der Waals surface area contributed by atoms with Crippen LogP contribution in [0.25, 0.3) is 111 Å². The molecular formula is C59H35F5N4. The topological polar surface area (TPSA) is 35.6 Å². The predicted octanol–water partition coefficient (Wildman–Crippen LogP) is 16.3. The average molecular weight is 895 g/mol. The second-order valence-corrected chi connectivity index (χ2v) is 16.7. The van der Waals surface area contributed by atoms with Crippen molar-refractivity contribution in [3.8, 4) is 67.3 Å². The normalized spacial score (nSPS) is 11.9. The first-order valence-electron chi connectivity index (χ1n) is 22.0. The van der Waals surface area contributed by atoms with E-state index in [4.69, 9.17) is 9.97 Å². The Hall–Kier alpha value is -8.69. The lowest BCUT2D eigenvalue weighted by atomic mass is 9.97. The van der Waals surface area contributed by atoms with E-state index in [-0.39, 0.29) is 22.5 Å². The van der Waals surface area contributed by atoms with Gasteiger partial charge in [0.05, 0.1) is 50.4 Å². The third kappa shape index (κ3) is 6.81. The molecule has 4 heterocycles. The lowest BCUT2D eigenvalue weighted by Gasteiger charge is -2.22. The summed E-state index contributed by atoms with van der Waals surface area (Å²) in [6.45, 7) is 0. The third-order valence-electron chi connectivity index (χ3n) is 12.8. The lowest BCUT2D eigenvalue weighted by Crippen LogP contribution is -2.13. The van der Waals surface area contributed by atoms with Gasteiger partial charge in [-0.15, -0.1) is 0 Å². The zero-order valence-electron chi connectivity index (χ0n) is 35.9. The number of fused-ring (bicyclic) bond motifs is 6. The molecule has 0 aliphatic heterocycles. The van der Waals surface area contributed by atoms with Gasteiger partial charge in [0, 0.05) is 67.8 Å². The molecule has 68 heavy (non-hydrogen) atoms. The molecule has 0 spiro atoms. The number of aromatic nitrogens is 4. The Balaban J connectivity index is 1.12. The number of halogens is 5. The van der Waals surface area contributed by atoms with Gasteiger partial charge in [0.15, 0.2) is 0 Å². The van der Waals surface area contributed by atoms with Crippen LogP contribution in [-0.2, 0) is 6.18 Å². The molecule has 0 amide bonds. The molecule has 12 aromatic rings. The van der Waals surface area contributed by atoms with Gasteiger partial charge in [0.25, 0.3) is 0 Å². The number of pyridine rings is 2. The van der Waals surface area contributed by atoms with Crippen molar-refractivity contribution in [2.75, 3.05) is 0 Å². The minimum Gasteiger partial charge on any atom is -0.309 e. The zero-order chi connectivity index (χ0) is 46.1. The van der Waals surface area contributed by atoms with Crippen molar-refractivity contribution in [3.63, 3.8) is 0 Å². The van der Waals surface area contributed by atoms with Gasteiger partial charge in [0.1, 0.15) is 11.6 Å². The van der Waals surface area contributed by atoms with E-state index in [9.17, 15) is 0 Å². The minimum absolute atomic E-state index is 0.0750. The van der Waals surface area contributed by atoms with Crippen molar-refractivity contribution in [2.24, 2.45) is 0 Å². The fourth-order valence-corrected chi connectivity index (χ4v) is 9.84.